The highest BCUT2D eigenvalue weighted by molar-refractivity contribution is 6.25. The van der Waals surface area contributed by atoms with Crippen molar-refractivity contribution >= 4 is 40.6 Å². The number of amides is 3. The molecule has 0 spiro atoms. The molecule has 0 bridgehead atoms. The second kappa shape index (κ2) is 10.4. The maximum absolute atomic E-state index is 14.1. The summed E-state index contributed by atoms with van der Waals surface area (Å²) in [6.45, 7) is 0. The Labute approximate surface area is 246 Å². The van der Waals surface area contributed by atoms with Crippen LogP contribution in [0.25, 0.3) is 0 Å². The van der Waals surface area contributed by atoms with Crippen LogP contribution < -0.4 is 21.3 Å². The lowest BCUT2D eigenvalue weighted by Crippen LogP contribution is -2.63. The van der Waals surface area contributed by atoms with Crippen molar-refractivity contribution in [1.82, 2.24) is 4.90 Å². The Kier molecular flexibility index (Phi) is 7.19. The van der Waals surface area contributed by atoms with Gasteiger partial charge < -0.3 is 41.7 Å². The van der Waals surface area contributed by atoms with Crippen LogP contribution in [0.3, 0.4) is 0 Å². The standard InChI is InChI=1S/C30H33N5O8/c1-34(2)18-12-17(33-29(42)32-14-8-6-5-7-9-14)23(36)20-15(18)10-13-11-16-22(35(3)4)25(38)21(28(31)41)27(40)30(16,43)26(39)19(13)24(20)37/h5-9,12-13,16,22,36,38-39,43H,10-11H2,1-4H3,(H2,31,41)(H2,32,33,42)/t13-,16-,22?,30-/m0/s1. The van der Waals surface area contributed by atoms with Gasteiger partial charge in [0.05, 0.1) is 17.3 Å². The lowest BCUT2D eigenvalue weighted by atomic mass is 9.58. The Balaban J connectivity index is 1.63. The number of Topliss-reactive ketones (excluding diaryl/α,β-unsaturated/α-hetero) is 2. The summed E-state index contributed by atoms with van der Waals surface area (Å²) in [5.41, 5.74) is 2.64. The second-order valence-electron chi connectivity index (χ2n) is 11.4. The number of anilines is 3. The van der Waals surface area contributed by atoms with Gasteiger partial charge in [0.25, 0.3) is 5.91 Å². The molecule has 0 aliphatic heterocycles. The predicted molar refractivity (Wildman–Crippen MR) is 157 cm³/mol. The van der Waals surface area contributed by atoms with Crippen LogP contribution >= 0.6 is 0 Å². The van der Waals surface area contributed by atoms with Crippen LogP contribution in [-0.2, 0) is 16.0 Å². The third-order valence-corrected chi connectivity index (χ3v) is 8.46. The van der Waals surface area contributed by atoms with Gasteiger partial charge in [0.2, 0.25) is 5.78 Å². The molecule has 3 aliphatic rings. The van der Waals surface area contributed by atoms with E-state index in [1.54, 1.807) is 63.4 Å². The molecular weight excluding hydrogens is 558 g/mol. The molecule has 1 unspecified atom stereocenters. The Morgan fingerprint density at radius 2 is 1.67 bits per heavy atom. The number of ketones is 2. The molecule has 2 aromatic rings. The smallest absolute Gasteiger partial charge is 0.323 e. The number of fused-ring (bicyclic) bond motifs is 3. The van der Waals surface area contributed by atoms with Gasteiger partial charge in [-0.1, -0.05) is 18.2 Å². The van der Waals surface area contributed by atoms with Gasteiger partial charge in [0, 0.05) is 37.0 Å². The van der Waals surface area contributed by atoms with E-state index >= 15 is 0 Å². The van der Waals surface area contributed by atoms with E-state index < -0.39 is 69.8 Å². The minimum absolute atomic E-state index is 0.0289. The Morgan fingerprint density at radius 3 is 2.26 bits per heavy atom. The zero-order valence-electron chi connectivity index (χ0n) is 24.0. The molecule has 0 fully saturated rings. The van der Waals surface area contributed by atoms with Crippen molar-refractivity contribution in [3.63, 3.8) is 0 Å². The number of likely N-dealkylation sites (N-methyl/N-ethyl adjacent to an activating group) is 1. The molecule has 0 heterocycles. The number of allylic oxidation sites excluding steroid dienone is 1. The van der Waals surface area contributed by atoms with Crippen molar-refractivity contribution in [3.05, 3.63) is 70.2 Å². The first-order chi connectivity index (χ1) is 20.2. The maximum atomic E-state index is 14.1. The second-order valence-corrected chi connectivity index (χ2v) is 11.4. The molecule has 226 valence electrons. The van der Waals surface area contributed by atoms with Gasteiger partial charge in [-0.25, -0.2) is 4.79 Å². The fourth-order valence-corrected chi connectivity index (χ4v) is 6.60. The van der Waals surface area contributed by atoms with Gasteiger partial charge in [-0.15, -0.1) is 0 Å². The highest BCUT2D eigenvalue weighted by Crippen LogP contribution is 2.53. The maximum Gasteiger partial charge on any atom is 0.323 e. The molecule has 0 radical (unpaired) electrons. The number of carbonyl (C=O) groups is 4. The lowest BCUT2D eigenvalue weighted by molar-refractivity contribution is -0.148. The van der Waals surface area contributed by atoms with Crippen LogP contribution in [-0.4, -0.2) is 88.7 Å². The third-order valence-electron chi connectivity index (χ3n) is 8.46. The van der Waals surface area contributed by atoms with E-state index in [0.29, 0.717) is 16.9 Å². The normalized spacial score (nSPS) is 24.7. The van der Waals surface area contributed by atoms with E-state index in [9.17, 15) is 39.6 Å². The van der Waals surface area contributed by atoms with Crippen molar-refractivity contribution in [2.75, 3.05) is 43.7 Å². The molecule has 4 atom stereocenters. The number of aliphatic hydroxyl groups excluding tert-OH is 2. The van der Waals surface area contributed by atoms with E-state index in [2.05, 4.69) is 10.6 Å². The number of aromatic hydroxyl groups is 1. The fourth-order valence-electron chi connectivity index (χ4n) is 6.60. The molecule has 8 N–H and O–H groups in total. The minimum Gasteiger partial charge on any atom is -0.510 e. The van der Waals surface area contributed by atoms with Gasteiger partial charge in [0.15, 0.2) is 17.1 Å². The molecule has 43 heavy (non-hydrogen) atoms. The van der Waals surface area contributed by atoms with Crippen molar-refractivity contribution in [1.29, 1.82) is 0 Å². The molecule has 2 aromatic carbocycles. The van der Waals surface area contributed by atoms with Crippen LogP contribution in [0.15, 0.2) is 59.1 Å². The third kappa shape index (κ3) is 4.48. The van der Waals surface area contributed by atoms with Crippen molar-refractivity contribution in [3.8, 4) is 5.75 Å². The van der Waals surface area contributed by atoms with E-state index in [1.165, 1.54) is 11.0 Å². The fraction of sp³-hybridized carbons (Fsp3) is 0.333. The summed E-state index contributed by atoms with van der Waals surface area (Å²) in [6, 6.07) is 8.35. The summed E-state index contributed by atoms with van der Waals surface area (Å²) in [6.07, 6.45) is 0.0883. The van der Waals surface area contributed by atoms with Gasteiger partial charge >= 0.3 is 6.03 Å². The zero-order chi connectivity index (χ0) is 31.5. The summed E-state index contributed by atoms with van der Waals surface area (Å²) in [7, 11) is 6.59. The molecule has 0 saturated carbocycles. The first kappa shape index (κ1) is 29.6. The Bertz CT molecular complexity index is 1630. The van der Waals surface area contributed by atoms with E-state index in [1.807, 2.05) is 0 Å². The Hall–Kier alpha value is -4.88. The predicted octanol–water partition coefficient (Wildman–Crippen LogP) is 1.83. The molecule has 5 rings (SSSR count). The van der Waals surface area contributed by atoms with Gasteiger partial charge in [-0.2, -0.15) is 0 Å². The number of rotatable bonds is 5. The average Bonchev–Trinajstić information content (AvgIpc) is 2.92. The number of hydrogen-bond acceptors (Lipinski definition) is 10. The first-order valence-corrected chi connectivity index (χ1v) is 13.5. The molecule has 13 nitrogen and oxygen atoms in total. The van der Waals surface area contributed by atoms with Crippen molar-refractivity contribution in [2.24, 2.45) is 17.6 Å². The molecule has 13 heteroatoms. The summed E-state index contributed by atoms with van der Waals surface area (Å²) in [5.74, 6) is -7.45. The van der Waals surface area contributed by atoms with Crippen molar-refractivity contribution in [2.45, 2.75) is 24.5 Å². The van der Waals surface area contributed by atoms with E-state index in [4.69, 9.17) is 5.73 Å². The molecule has 0 aromatic heterocycles. The monoisotopic (exact) mass is 591 g/mol. The van der Waals surface area contributed by atoms with Crippen LogP contribution in [0, 0.1) is 11.8 Å². The highest BCUT2D eigenvalue weighted by Gasteiger charge is 2.63. The first-order valence-electron chi connectivity index (χ1n) is 13.5. The number of nitrogens with zero attached hydrogens (tertiary/aromatic N) is 2. The van der Waals surface area contributed by atoms with E-state index in [0.717, 1.165) is 0 Å². The number of carbonyl (C=O) groups excluding carboxylic acids is 4. The SMILES string of the molecule is CN(C)c1cc(NC(=O)Nc2ccccc2)c(O)c2c1C[C@H]1C[C@H]3C(N(C)C)C(O)=C(C(N)=O)C(=O)[C@@]3(O)C(O)=C1C2=O. The average molecular weight is 592 g/mol. The summed E-state index contributed by atoms with van der Waals surface area (Å²) in [4.78, 5) is 55.7. The molecular formula is C30H33N5O8. The molecule has 3 amide bonds. The van der Waals surface area contributed by atoms with Crippen LogP contribution in [0.4, 0.5) is 21.9 Å². The van der Waals surface area contributed by atoms with Gasteiger partial charge in [-0.3, -0.25) is 19.3 Å². The van der Waals surface area contributed by atoms with E-state index in [-0.39, 0.29) is 29.7 Å². The topological polar surface area (TPSA) is 206 Å². The largest absolute Gasteiger partial charge is 0.510 e. The van der Waals surface area contributed by atoms with Crippen LogP contribution in [0.2, 0.25) is 0 Å². The highest BCUT2D eigenvalue weighted by atomic mass is 16.3. The Morgan fingerprint density at radius 1 is 1.02 bits per heavy atom. The van der Waals surface area contributed by atoms with Crippen LogP contribution in [0.1, 0.15) is 22.3 Å². The number of phenols is 1. The summed E-state index contributed by atoms with van der Waals surface area (Å²) in [5, 5.41) is 50.7. The number of para-hydroxylation sites is 1. The van der Waals surface area contributed by atoms with Gasteiger partial charge in [-0.05, 0) is 56.6 Å². The van der Waals surface area contributed by atoms with Gasteiger partial charge in [0.1, 0.15) is 17.1 Å². The quantitative estimate of drug-likeness (QED) is 0.198. The van der Waals surface area contributed by atoms with Crippen molar-refractivity contribution < 1.29 is 39.6 Å². The van der Waals surface area contributed by atoms with Crippen LogP contribution in [0.5, 0.6) is 5.75 Å². The minimum atomic E-state index is -2.74. The number of urea groups is 1. The number of phenolic OH excluding ortho intramolecular Hbond substituents is 1. The number of benzene rings is 2. The zero-order valence-corrected chi connectivity index (χ0v) is 24.0. The number of aliphatic hydroxyl groups is 3. The summed E-state index contributed by atoms with van der Waals surface area (Å²) >= 11 is 0. The lowest BCUT2D eigenvalue weighted by Gasteiger charge is -2.50. The molecule has 3 aliphatic carbocycles. The number of nitrogens with one attached hydrogen (secondary N) is 2. The number of hydrogen-bond donors (Lipinski definition) is 7. The molecule has 0 saturated heterocycles. The number of primary amides is 1. The summed E-state index contributed by atoms with van der Waals surface area (Å²) < 4.78 is 0. The number of nitrogens with two attached hydrogens (primary N) is 1.